The van der Waals surface area contributed by atoms with E-state index in [4.69, 9.17) is 28.4 Å². The quantitative estimate of drug-likeness (QED) is 0.0246. The Hall–Kier alpha value is -3.28. The minimum Gasteiger partial charge on any atom is -0.502 e. The van der Waals surface area contributed by atoms with Crippen LogP contribution in [0.1, 0.15) is 342 Å². The van der Waals surface area contributed by atoms with Crippen molar-refractivity contribution in [2.45, 2.75) is 354 Å². The molecule has 0 aromatic heterocycles. The first-order valence-electron chi connectivity index (χ1n) is 34.8. The number of rotatable bonds is 51. The number of hydrogen-bond acceptors (Lipinski definition) is 12. The second-order valence-corrected chi connectivity index (χ2v) is 24.0. The van der Waals surface area contributed by atoms with E-state index in [0.717, 1.165) is 77.0 Å². The number of ketones is 2. The van der Waals surface area contributed by atoms with E-state index in [1.54, 1.807) is 7.11 Å². The predicted octanol–water partition coefficient (Wildman–Crippen LogP) is 20.6. The largest absolute Gasteiger partial charge is 0.502 e. The van der Waals surface area contributed by atoms with Crippen molar-refractivity contribution in [1.82, 2.24) is 0 Å². The minimum atomic E-state index is -0.495. The van der Waals surface area contributed by atoms with Gasteiger partial charge in [0.15, 0.2) is 5.78 Å². The third-order valence-corrected chi connectivity index (χ3v) is 15.0. The first kappa shape index (κ1) is 89.5. The summed E-state index contributed by atoms with van der Waals surface area (Å²) in [4.78, 5) is 72.4. The molecule has 0 N–H and O–H groups in total. The van der Waals surface area contributed by atoms with Gasteiger partial charge in [0.2, 0.25) is 0 Å². The number of hydrogen-bond donors (Lipinski definition) is 0. The van der Waals surface area contributed by atoms with Crippen molar-refractivity contribution in [3.05, 3.63) is 12.3 Å². The molecule has 0 amide bonds. The number of ether oxygens (including phenoxy) is 6. The van der Waals surface area contributed by atoms with Crippen molar-refractivity contribution in [1.29, 1.82) is 0 Å². The Bertz CT molecular complexity index is 1520. The zero-order valence-corrected chi connectivity index (χ0v) is 58.6. The molecule has 0 bridgehead atoms. The van der Waals surface area contributed by atoms with Gasteiger partial charge in [0.05, 0.1) is 45.0 Å². The van der Waals surface area contributed by atoms with Gasteiger partial charge in [0.25, 0.3) is 0 Å². The van der Waals surface area contributed by atoms with Gasteiger partial charge in [-0.1, -0.05) is 232 Å². The monoisotopic (exact) mass is 1200 g/mol. The Morgan fingerprint density at radius 3 is 1.29 bits per heavy atom. The highest BCUT2D eigenvalue weighted by Gasteiger charge is 2.27. The van der Waals surface area contributed by atoms with Crippen LogP contribution in [-0.4, -0.2) is 80.7 Å². The molecule has 0 aromatic rings. The standard InChI is InChI=1S/C29H54O6.C26H48O5.C13H26O.2C2H6/c1-9-12-13-14-15-16-17-26(30)33-21-24(10-2)20-27(31)34-25(11-3)19-18-22(4)23(5)28(32)35-29(6,7)8;1-5-7-9-11-13-15-17-25(27)22-30-20-24(19-23(3)29-4)21-31-26(28)18-16-14-12-10-8-6-2;1-4-6-7-8-9-10-11-13(14)12(3)5-2;2*1-2/h22-25H,9-21H2,1-8H3;24H,3,5-22H2,1-2,4H3;12H,4-11H2,1-3H3;2*1-2H3. The molecule has 0 rings (SSSR count). The fourth-order valence-corrected chi connectivity index (χ4v) is 8.77. The summed E-state index contributed by atoms with van der Waals surface area (Å²) < 4.78 is 32.9. The molecule has 0 radical (unpaired) electrons. The van der Waals surface area contributed by atoms with E-state index in [1.807, 2.05) is 83.1 Å². The molecule has 0 saturated heterocycles. The lowest BCUT2D eigenvalue weighted by molar-refractivity contribution is -0.161. The van der Waals surface area contributed by atoms with Crippen molar-refractivity contribution in [3.63, 3.8) is 0 Å². The molecule has 0 heterocycles. The van der Waals surface area contributed by atoms with E-state index in [-0.39, 0.29) is 91.6 Å². The van der Waals surface area contributed by atoms with E-state index in [2.05, 4.69) is 41.2 Å². The molecule has 0 spiro atoms. The minimum absolute atomic E-state index is 0.0281. The molecule has 0 saturated carbocycles. The van der Waals surface area contributed by atoms with Gasteiger partial charge in [-0.3, -0.25) is 28.8 Å². The van der Waals surface area contributed by atoms with Gasteiger partial charge in [0, 0.05) is 49.9 Å². The van der Waals surface area contributed by atoms with E-state index in [1.165, 1.54) is 109 Å². The first-order chi connectivity index (χ1) is 40.2. The highest BCUT2D eigenvalue weighted by molar-refractivity contribution is 5.80. The number of carbonyl (C=O) groups is 6. The summed E-state index contributed by atoms with van der Waals surface area (Å²) in [5.74, 6) is 0.574. The third kappa shape index (κ3) is 63.2. The summed E-state index contributed by atoms with van der Waals surface area (Å²) in [6.07, 6.45) is 35.2. The second kappa shape index (κ2) is 65.7. The molecule has 6 unspecified atom stereocenters. The SMILES string of the molecule is C=C(CC(COCC(=O)CCCCCCCC)COC(=O)CCCCCCCC)OC.CC.CC.CCCCCCCCC(=O)C(C)CC.CCCCCCCCC(=O)OCC(CC)CC(=O)OC(CC)CCC(C)C(C)C(=O)OC(C)(C)C. The summed E-state index contributed by atoms with van der Waals surface area (Å²) in [7, 11) is 1.58. The van der Waals surface area contributed by atoms with Crippen LogP contribution in [0.2, 0.25) is 0 Å². The lowest BCUT2D eigenvalue weighted by Crippen LogP contribution is -2.30. The maximum atomic E-state index is 12.5. The Kier molecular flexibility index (Phi) is 70.0. The van der Waals surface area contributed by atoms with Gasteiger partial charge in [-0.25, -0.2) is 0 Å². The Labute approximate surface area is 520 Å². The van der Waals surface area contributed by atoms with Gasteiger partial charge in [-0.2, -0.15) is 0 Å². The van der Waals surface area contributed by atoms with Crippen molar-refractivity contribution >= 4 is 35.4 Å². The topological polar surface area (TPSA) is 158 Å². The molecule has 0 aliphatic carbocycles. The number of allylic oxidation sites excluding steroid dienone is 1. The molecule has 0 aromatic carbocycles. The number of Topliss-reactive ketones (excluding diaryl/α,β-unsaturated/α-hetero) is 2. The zero-order valence-electron chi connectivity index (χ0n) is 58.6. The van der Waals surface area contributed by atoms with Crippen LogP contribution in [0.4, 0.5) is 0 Å². The van der Waals surface area contributed by atoms with Crippen LogP contribution < -0.4 is 0 Å². The maximum absolute atomic E-state index is 12.5. The van der Waals surface area contributed by atoms with Crippen molar-refractivity contribution in [2.75, 3.05) is 33.5 Å². The van der Waals surface area contributed by atoms with Crippen LogP contribution in [0.3, 0.4) is 0 Å². The molecule has 6 atom stereocenters. The highest BCUT2D eigenvalue weighted by Crippen LogP contribution is 2.24. The molecule has 0 fully saturated rings. The van der Waals surface area contributed by atoms with Crippen LogP contribution in [0, 0.1) is 29.6 Å². The molecule has 84 heavy (non-hydrogen) atoms. The van der Waals surface area contributed by atoms with Gasteiger partial charge in [-0.05, 0) is 84.5 Å². The number of unbranched alkanes of at least 4 members (excludes halogenated alkanes) is 20. The lowest BCUT2D eigenvalue weighted by atomic mass is 9.90. The number of methoxy groups -OCH3 is 1. The molecule has 12 heteroatoms. The van der Waals surface area contributed by atoms with Gasteiger partial charge < -0.3 is 28.4 Å². The lowest BCUT2D eigenvalue weighted by Gasteiger charge is -2.26. The summed E-state index contributed by atoms with van der Waals surface area (Å²) in [5, 5.41) is 0. The second-order valence-electron chi connectivity index (χ2n) is 24.0. The fourth-order valence-electron chi connectivity index (χ4n) is 8.77. The van der Waals surface area contributed by atoms with E-state index >= 15 is 0 Å². The molecule has 0 aliphatic heterocycles. The van der Waals surface area contributed by atoms with Gasteiger partial charge in [-0.15, -0.1) is 0 Å². The van der Waals surface area contributed by atoms with Crippen LogP contribution in [0.5, 0.6) is 0 Å². The number of esters is 4. The zero-order chi connectivity index (χ0) is 64.8. The highest BCUT2D eigenvalue weighted by atomic mass is 16.6. The summed E-state index contributed by atoms with van der Waals surface area (Å²) in [6.45, 7) is 39.3. The van der Waals surface area contributed by atoms with Crippen LogP contribution >= 0.6 is 0 Å². The predicted molar refractivity (Wildman–Crippen MR) is 353 cm³/mol. The summed E-state index contributed by atoms with van der Waals surface area (Å²) >= 11 is 0. The fraction of sp³-hybridized carbons (Fsp3) is 0.889. The molecule has 0 aliphatic rings. The Morgan fingerprint density at radius 1 is 0.464 bits per heavy atom. The molecular weight excluding hydrogens is 1060 g/mol. The third-order valence-electron chi connectivity index (χ3n) is 15.0. The summed E-state index contributed by atoms with van der Waals surface area (Å²) in [5.41, 5.74) is -0.495. The smallest absolute Gasteiger partial charge is 0.309 e. The van der Waals surface area contributed by atoms with Gasteiger partial charge >= 0.3 is 23.9 Å². The van der Waals surface area contributed by atoms with Crippen LogP contribution in [0.15, 0.2) is 12.3 Å². The average molecular weight is 1200 g/mol. The molecule has 500 valence electrons. The van der Waals surface area contributed by atoms with E-state index < -0.39 is 5.60 Å². The van der Waals surface area contributed by atoms with Crippen molar-refractivity contribution in [2.24, 2.45) is 29.6 Å². The summed E-state index contributed by atoms with van der Waals surface area (Å²) in [6, 6.07) is 0. The normalized spacial score (nSPS) is 12.9. The van der Waals surface area contributed by atoms with Gasteiger partial charge in [0.1, 0.15) is 24.1 Å². The molecule has 12 nitrogen and oxygen atoms in total. The van der Waals surface area contributed by atoms with E-state index in [0.29, 0.717) is 50.3 Å². The van der Waals surface area contributed by atoms with Crippen molar-refractivity contribution in [3.8, 4) is 0 Å². The average Bonchev–Trinajstić information content (AvgIpc) is 3.49. The van der Waals surface area contributed by atoms with E-state index in [9.17, 15) is 28.8 Å². The number of carbonyl (C=O) groups excluding carboxylic acids is 6. The Balaban J connectivity index is -0.000000387. The van der Waals surface area contributed by atoms with Crippen LogP contribution in [0.25, 0.3) is 0 Å². The maximum Gasteiger partial charge on any atom is 0.309 e. The molecular formula is C72H140O12. The Morgan fingerprint density at radius 2 is 0.881 bits per heavy atom. The van der Waals surface area contributed by atoms with Crippen molar-refractivity contribution < 1.29 is 57.2 Å². The van der Waals surface area contributed by atoms with Crippen LogP contribution in [-0.2, 0) is 57.2 Å². The first-order valence-corrected chi connectivity index (χ1v) is 34.8.